The maximum Gasteiger partial charge on any atom is 0.326 e. The van der Waals surface area contributed by atoms with Crippen LogP contribution in [0, 0.1) is 19.8 Å². The van der Waals surface area contributed by atoms with Crippen LogP contribution in [-0.4, -0.2) is 29.6 Å². The number of nitrogens with one attached hydrogen (secondary N) is 1. The summed E-state index contributed by atoms with van der Waals surface area (Å²) in [4.78, 5) is 23.1. The van der Waals surface area contributed by atoms with E-state index < -0.39 is 12.0 Å². The molecule has 0 fully saturated rings. The van der Waals surface area contributed by atoms with Crippen LogP contribution in [-0.2, 0) is 9.59 Å². The number of carboxylic acid groups (broad SMARTS) is 1. The highest BCUT2D eigenvalue weighted by Gasteiger charge is 2.24. The zero-order valence-electron chi connectivity index (χ0n) is 14.4. The van der Waals surface area contributed by atoms with Gasteiger partial charge >= 0.3 is 5.97 Å². The third kappa shape index (κ3) is 6.30. The van der Waals surface area contributed by atoms with E-state index in [-0.39, 0.29) is 18.2 Å². The minimum atomic E-state index is -0.987. The minimum Gasteiger partial charge on any atom is -0.493 e. The van der Waals surface area contributed by atoms with E-state index in [1.807, 2.05) is 45.9 Å². The molecule has 0 bridgehead atoms. The number of benzene rings is 1. The molecular formula is C18H27NO4. The minimum absolute atomic E-state index is 0.0948. The van der Waals surface area contributed by atoms with Gasteiger partial charge in [0, 0.05) is 6.42 Å². The van der Waals surface area contributed by atoms with Crippen molar-refractivity contribution < 1.29 is 19.4 Å². The van der Waals surface area contributed by atoms with Crippen molar-refractivity contribution in [3.63, 3.8) is 0 Å². The molecule has 0 radical (unpaired) electrons. The molecule has 0 aliphatic heterocycles. The van der Waals surface area contributed by atoms with Crippen LogP contribution < -0.4 is 10.1 Å². The number of aryl methyl sites for hydroxylation is 2. The molecule has 5 nitrogen and oxygen atoms in total. The molecule has 5 heteroatoms. The first-order valence-corrected chi connectivity index (χ1v) is 8.07. The molecule has 1 aromatic carbocycles. The van der Waals surface area contributed by atoms with E-state index in [1.165, 1.54) is 0 Å². The molecule has 23 heavy (non-hydrogen) atoms. The highest BCUT2D eigenvalue weighted by atomic mass is 16.5. The van der Waals surface area contributed by atoms with Gasteiger partial charge in [0.2, 0.25) is 5.91 Å². The molecule has 0 aromatic heterocycles. The highest BCUT2D eigenvalue weighted by molar-refractivity contribution is 5.83. The molecule has 0 saturated heterocycles. The normalized spacial score (nSPS) is 13.2. The number of aliphatic carboxylic acids is 1. The second-order valence-corrected chi connectivity index (χ2v) is 5.99. The Morgan fingerprint density at radius 1 is 1.30 bits per heavy atom. The first-order chi connectivity index (χ1) is 10.8. The number of hydrogen-bond acceptors (Lipinski definition) is 3. The lowest BCUT2D eigenvalue weighted by Gasteiger charge is -2.20. The number of amides is 1. The lowest BCUT2D eigenvalue weighted by molar-refractivity contribution is -0.143. The van der Waals surface area contributed by atoms with Crippen molar-refractivity contribution in [1.82, 2.24) is 5.32 Å². The first kappa shape index (κ1) is 19.0. The molecule has 1 rings (SSSR count). The van der Waals surface area contributed by atoms with Crippen molar-refractivity contribution in [2.45, 2.75) is 53.0 Å². The Balaban J connectivity index is 2.39. The van der Waals surface area contributed by atoms with E-state index in [4.69, 9.17) is 9.84 Å². The summed E-state index contributed by atoms with van der Waals surface area (Å²) in [7, 11) is 0. The Morgan fingerprint density at radius 3 is 2.61 bits per heavy atom. The van der Waals surface area contributed by atoms with Crippen LogP contribution in [0.4, 0.5) is 0 Å². The van der Waals surface area contributed by atoms with E-state index in [1.54, 1.807) is 0 Å². The van der Waals surface area contributed by atoms with Gasteiger partial charge in [0.1, 0.15) is 11.8 Å². The predicted molar refractivity (Wildman–Crippen MR) is 89.7 cm³/mol. The predicted octanol–water partition coefficient (Wildman–Crippen LogP) is 3.08. The van der Waals surface area contributed by atoms with Crippen molar-refractivity contribution in [3.8, 4) is 5.75 Å². The summed E-state index contributed by atoms with van der Waals surface area (Å²) in [6, 6.07) is 5.17. The van der Waals surface area contributed by atoms with Crippen LogP contribution in [0.2, 0.25) is 0 Å². The molecule has 2 atom stereocenters. The summed E-state index contributed by atoms with van der Waals surface area (Å²) in [5.41, 5.74) is 2.18. The van der Waals surface area contributed by atoms with Crippen molar-refractivity contribution in [1.29, 1.82) is 0 Å². The fourth-order valence-corrected chi connectivity index (χ4v) is 2.21. The zero-order chi connectivity index (χ0) is 17.4. The summed E-state index contributed by atoms with van der Waals surface area (Å²) in [6.45, 7) is 8.14. The Morgan fingerprint density at radius 2 is 2.00 bits per heavy atom. The van der Waals surface area contributed by atoms with Gasteiger partial charge in [-0.05, 0) is 43.4 Å². The molecule has 0 saturated carbocycles. The van der Waals surface area contributed by atoms with Crippen molar-refractivity contribution in [2.24, 2.45) is 5.92 Å². The molecule has 1 aromatic rings. The van der Waals surface area contributed by atoms with Gasteiger partial charge in [-0.2, -0.15) is 0 Å². The maximum absolute atomic E-state index is 11.9. The fourth-order valence-electron chi connectivity index (χ4n) is 2.21. The number of hydrogen-bond donors (Lipinski definition) is 2. The smallest absolute Gasteiger partial charge is 0.326 e. The Hall–Kier alpha value is -2.04. The standard InChI is InChI=1S/C18H27NO4/c1-5-13(3)17(18(21)22)19-16(20)7-6-10-23-15-11-12(2)8-9-14(15)4/h8-9,11,13,17H,5-7,10H2,1-4H3,(H,19,20)(H,21,22). The second-order valence-electron chi connectivity index (χ2n) is 5.99. The number of rotatable bonds is 9. The van der Waals surface area contributed by atoms with Gasteiger partial charge in [0.25, 0.3) is 0 Å². The Bertz CT molecular complexity index is 542. The molecule has 2 N–H and O–H groups in total. The summed E-state index contributed by atoms with van der Waals surface area (Å²) in [6.07, 6.45) is 1.50. The van der Waals surface area contributed by atoms with E-state index in [0.717, 1.165) is 16.9 Å². The summed E-state index contributed by atoms with van der Waals surface area (Å²) < 4.78 is 5.69. The van der Waals surface area contributed by atoms with Gasteiger partial charge in [-0.25, -0.2) is 4.79 Å². The number of carbonyl (C=O) groups excluding carboxylic acids is 1. The third-order valence-electron chi connectivity index (χ3n) is 3.94. The van der Waals surface area contributed by atoms with Crippen LogP contribution >= 0.6 is 0 Å². The number of carboxylic acids is 1. The van der Waals surface area contributed by atoms with Crippen LogP contribution in [0.3, 0.4) is 0 Å². The maximum atomic E-state index is 11.9. The van der Waals surface area contributed by atoms with Gasteiger partial charge in [0.05, 0.1) is 6.61 Å². The van der Waals surface area contributed by atoms with Gasteiger partial charge in [-0.15, -0.1) is 0 Å². The van der Waals surface area contributed by atoms with E-state index in [9.17, 15) is 9.59 Å². The average Bonchev–Trinajstić information content (AvgIpc) is 2.51. The van der Waals surface area contributed by atoms with Crippen molar-refractivity contribution in [2.75, 3.05) is 6.61 Å². The average molecular weight is 321 g/mol. The highest BCUT2D eigenvalue weighted by Crippen LogP contribution is 2.19. The first-order valence-electron chi connectivity index (χ1n) is 8.07. The SMILES string of the molecule is CCC(C)C(NC(=O)CCCOc1cc(C)ccc1C)C(=O)O. The van der Waals surface area contributed by atoms with Crippen LogP contribution in [0.25, 0.3) is 0 Å². The Kier molecular flexibility index (Phi) is 7.59. The van der Waals surface area contributed by atoms with Crippen LogP contribution in [0.5, 0.6) is 5.75 Å². The van der Waals surface area contributed by atoms with Crippen LogP contribution in [0.1, 0.15) is 44.2 Å². The molecule has 128 valence electrons. The molecule has 0 spiro atoms. The van der Waals surface area contributed by atoms with E-state index >= 15 is 0 Å². The molecule has 0 heterocycles. The third-order valence-corrected chi connectivity index (χ3v) is 3.94. The van der Waals surface area contributed by atoms with E-state index in [0.29, 0.717) is 19.4 Å². The number of ether oxygens (including phenoxy) is 1. The van der Waals surface area contributed by atoms with Gasteiger partial charge in [-0.3, -0.25) is 4.79 Å². The topological polar surface area (TPSA) is 75.6 Å². The fraction of sp³-hybridized carbons (Fsp3) is 0.556. The molecule has 1 amide bonds. The summed E-state index contributed by atoms with van der Waals surface area (Å²) in [5, 5.41) is 11.8. The largest absolute Gasteiger partial charge is 0.493 e. The quantitative estimate of drug-likeness (QED) is 0.685. The summed E-state index contributed by atoms with van der Waals surface area (Å²) in [5.74, 6) is -0.502. The molecule has 2 unspecified atom stereocenters. The number of carbonyl (C=O) groups is 2. The van der Waals surface area contributed by atoms with Gasteiger partial charge < -0.3 is 15.2 Å². The Labute approximate surface area is 138 Å². The molecule has 0 aliphatic carbocycles. The summed E-state index contributed by atoms with van der Waals surface area (Å²) >= 11 is 0. The van der Waals surface area contributed by atoms with Crippen molar-refractivity contribution >= 4 is 11.9 Å². The van der Waals surface area contributed by atoms with Crippen molar-refractivity contribution in [3.05, 3.63) is 29.3 Å². The molecule has 0 aliphatic rings. The van der Waals surface area contributed by atoms with E-state index in [2.05, 4.69) is 5.32 Å². The zero-order valence-corrected chi connectivity index (χ0v) is 14.4. The van der Waals surface area contributed by atoms with Gasteiger partial charge in [0.15, 0.2) is 0 Å². The van der Waals surface area contributed by atoms with Gasteiger partial charge in [-0.1, -0.05) is 32.4 Å². The van der Waals surface area contributed by atoms with Crippen LogP contribution in [0.15, 0.2) is 18.2 Å². The monoisotopic (exact) mass is 321 g/mol. The lowest BCUT2D eigenvalue weighted by Crippen LogP contribution is -2.45. The molecular weight excluding hydrogens is 294 g/mol. The lowest BCUT2D eigenvalue weighted by atomic mass is 9.99. The second kappa shape index (κ2) is 9.18.